The second-order valence-corrected chi connectivity index (χ2v) is 5.50. The van der Waals surface area contributed by atoms with Gasteiger partial charge < -0.3 is 9.88 Å². The van der Waals surface area contributed by atoms with Gasteiger partial charge in [-0.2, -0.15) is 5.10 Å². The predicted molar refractivity (Wildman–Crippen MR) is 90.8 cm³/mol. The zero-order valence-corrected chi connectivity index (χ0v) is 13.3. The van der Waals surface area contributed by atoms with Gasteiger partial charge in [0.2, 0.25) is 5.91 Å². The SMILES string of the molecule is CC(NC(=O)Cn1ccccc1=O)c1cccc(-n2cccn2)c1. The van der Waals surface area contributed by atoms with Gasteiger partial charge in [-0.1, -0.05) is 18.2 Å². The molecule has 0 spiro atoms. The Bertz CT molecular complexity index is 884. The minimum absolute atomic E-state index is 0.00284. The van der Waals surface area contributed by atoms with E-state index in [0.717, 1.165) is 11.3 Å². The highest BCUT2D eigenvalue weighted by Gasteiger charge is 2.11. The maximum atomic E-state index is 12.2. The van der Waals surface area contributed by atoms with Gasteiger partial charge in [0.1, 0.15) is 6.54 Å². The molecule has 0 fully saturated rings. The number of benzene rings is 1. The number of rotatable bonds is 5. The van der Waals surface area contributed by atoms with Gasteiger partial charge in [-0.05, 0) is 36.8 Å². The number of pyridine rings is 1. The first-order valence-corrected chi connectivity index (χ1v) is 7.68. The summed E-state index contributed by atoms with van der Waals surface area (Å²) >= 11 is 0. The van der Waals surface area contributed by atoms with Crippen molar-refractivity contribution < 1.29 is 4.79 Å². The Labute approximate surface area is 139 Å². The van der Waals surface area contributed by atoms with Crippen molar-refractivity contribution in [3.8, 4) is 5.69 Å². The molecule has 24 heavy (non-hydrogen) atoms. The molecule has 0 saturated carbocycles. The predicted octanol–water partition coefficient (Wildman–Crippen LogP) is 1.91. The third-order valence-corrected chi connectivity index (χ3v) is 3.73. The van der Waals surface area contributed by atoms with Crippen molar-refractivity contribution in [3.05, 3.63) is 83.0 Å². The molecule has 1 aromatic carbocycles. The van der Waals surface area contributed by atoms with Crippen LogP contribution in [0, 0.1) is 0 Å². The lowest BCUT2D eigenvalue weighted by atomic mass is 10.1. The van der Waals surface area contributed by atoms with Crippen LogP contribution >= 0.6 is 0 Å². The van der Waals surface area contributed by atoms with E-state index in [2.05, 4.69) is 10.4 Å². The summed E-state index contributed by atoms with van der Waals surface area (Å²) in [5.74, 6) is -0.208. The first-order chi connectivity index (χ1) is 11.6. The summed E-state index contributed by atoms with van der Waals surface area (Å²) in [6.45, 7) is 1.91. The molecule has 0 saturated heterocycles. The molecule has 1 amide bonds. The fraction of sp³-hybridized carbons (Fsp3) is 0.167. The van der Waals surface area contributed by atoms with E-state index in [1.807, 2.05) is 43.5 Å². The molecule has 2 heterocycles. The topological polar surface area (TPSA) is 68.9 Å². The highest BCUT2D eigenvalue weighted by Crippen LogP contribution is 2.16. The number of carbonyl (C=O) groups excluding carboxylic acids is 1. The summed E-state index contributed by atoms with van der Waals surface area (Å²) in [6.07, 6.45) is 5.19. The molecule has 1 atom stereocenters. The smallest absolute Gasteiger partial charge is 0.250 e. The van der Waals surface area contributed by atoms with Crippen LogP contribution in [0.3, 0.4) is 0 Å². The third-order valence-electron chi connectivity index (χ3n) is 3.73. The first kappa shape index (κ1) is 15.7. The Hall–Kier alpha value is -3.15. The Morgan fingerprint density at radius 1 is 1.17 bits per heavy atom. The van der Waals surface area contributed by atoms with E-state index < -0.39 is 0 Å². The Balaban J connectivity index is 1.70. The van der Waals surface area contributed by atoms with E-state index >= 15 is 0 Å². The number of nitrogens with zero attached hydrogens (tertiary/aromatic N) is 3. The molecule has 1 N–H and O–H groups in total. The quantitative estimate of drug-likeness (QED) is 0.780. The van der Waals surface area contributed by atoms with Crippen LogP contribution in [0.2, 0.25) is 0 Å². The molecule has 3 aromatic rings. The second-order valence-electron chi connectivity index (χ2n) is 5.50. The molecule has 1 unspecified atom stereocenters. The summed E-state index contributed by atoms with van der Waals surface area (Å²) in [4.78, 5) is 23.8. The highest BCUT2D eigenvalue weighted by atomic mass is 16.2. The lowest BCUT2D eigenvalue weighted by Gasteiger charge is -2.16. The van der Waals surface area contributed by atoms with Gasteiger partial charge in [-0.15, -0.1) is 0 Å². The summed E-state index contributed by atoms with van der Waals surface area (Å²) in [5, 5.41) is 7.12. The number of amides is 1. The maximum Gasteiger partial charge on any atom is 0.250 e. The lowest BCUT2D eigenvalue weighted by Crippen LogP contribution is -2.33. The zero-order chi connectivity index (χ0) is 16.9. The molecule has 3 rings (SSSR count). The first-order valence-electron chi connectivity index (χ1n) is 7.68. The van der Waals surface area contributed by atoms with Crippen LogP contribution in [0.5, 0.6) is 0 Å². The van der Waals surface area contributed by atoms with Crippen LogP contribution in [-0.2, 0) is 11.3 Å². The second kappa shape index (κ2) is 6.95. The number of hydrogen-bond donors (Lipinski definition) is 1. The van der Waals surface area contributed by atoms with Crippen molar-refractivity contribution in [1.29, 1.82) is 0 Å². The van der Waals surface area contributed by atoms with E-state index in [1.54, 1.807) is 29.2 Å². The van der Waals surface area contributed by atoms with Gasteiger partial charge in [-0.3, -0.25) is 9.59 Å². The van der Waals surface area contributed by atoms with Crippen molar-refractivity contribution in [3.63, 3.8) is 0 Å². The average molecular weight is 322 g/mol. The Morgan fingerprint density at radius 3 is 2.79 bits per heavy atom. The molecule has 6 nitrogen and oxygen atoms in total. The number of nitrogens with one attached hydrogen (secondary N) is 1. The van der Waals surface area contributed by atoms with Crippen LogP contribution in [0.25, 0.3) is 5.69 Å². The lowest BCUT2D eigenvalue weighted by molar-refractivity contribution is -0.122. The fourth-order valence-corrected chi connectivity index (χ4v) is 2.47. The maximum absolute atomic E-state index is 12.2. The minimum atomic E-state index is -0.208. The van der Waals surface area contributed by atoms with Gasteiger partial charge in [-0.25, -0.2) is 4.68 Å². The van der Waals surface area contributed by atoms with Gasteiger partial charge >= 0.3 is 0 Å². The summed E-state index contributed by atoms with van der Waals surface area (Å²) in [5.41, 5.74) is 1.70. The van der Waals surface area contributed by atoms with Crippen molar-refractivity contribution in [2.75, 3.05) is 0 Å². The zero-order valence-electron chi connectivity index (χ0n) is 13.3. The molecule has 6 heteroatoms. The van der Waals surface area contributed by atoms with Crippen LogP contribution in [-0.4, -0.2) is 20.3 Å². The molecule has 0 aliphatic carbocycles. The van der Waals surface area contributed by atoms with E-state index in [-0.39, 0.29) is 24.1 Å². The van der Waals surface area contributed by atoms with Crippen molar-refractivity contribution in [2.45, 2.75) is 19.5 Å². The molecular formula is C18H18N4O2. The fourth-order valence-electron chi connectivity index (χ4n) is 2.47. The minimum Gasteiger partial charge on any atom is -0.348 e. The molecule has 0 radical (unpaired) electrons. The largest absolute Gasteiger partial charge is 0.348 e. The molecular weight excluding hydrogens is 304 g/mol. The van der Waals surface area contributed by atoms with Gasteiger partial charge in [0.15, 0.2) is 0 Å². The van der Waals surface area contributed by atoms with Gasteiger partial charge in [0.25, 0.3) is 5.56 Å². The number of aromatic nitrogens is 3. The van der Waals surface area contributed by atoms with E-state index in [9.17, 15) is 9.59 Å². The van der Waals surface area contributed by atoms with Gasteiger partial charge in [0, 0.05) is 24.7 Å². The standard InChI is InChI=1S/C18H18N4O2/c1-14(20-17(23)13-21-10-3-2-8-18(21)24)15-6-4-7-16(12-15)22-11-5-9-19-22/h2-12,14H,13H2,1H3,(H,20,23). The van der Waals surface area contributed by atoms with Gasteiger partial charge in [0.05, 0.1) is 11.7 Å². The van der Waals surface area contributed by atoms with Crippen molar-refractivity contribution in [2.24, 2.45) is 0 Å². The normalized spacial score (nSPS) is 11.9. The number of carbonyl (C=O) groups is 1. The summed E-state index contributed by atoms with van der Waals surface area (Å²) in [6, 6.07) is 14.3. The van der Waals surface area contributed by atoms with Crippen LogP contribution in [0.4, 0.5) is 0 Å². The van der Waals surface area contributed by atoms with Crippen LogP contribution in [0.1, 0.15) is 18.5 Å². The monoisotopic (exact) mass is 322 g/mol. The summed E-state index contributed by atoms with van der Waals surface area (Å²) in [7, 11) is 0. The molecule has 122 valence electrons. The number of hydrogen-bond acceptors (Lipinski definition) is 3. The van der Waals surface area contributed by atoms with Crippen molar-refractivity contribution >= 4 is 5.91 Å². The highest BCUT2D eigenvalue weighted by molar-refractivity contribution is 5.76. The Morgan fingerprint density at radius 2 is 2.04 bits per heavy atom. The van der Waals surface area contributed by atoms with Crippen LogP contribution in [0.15, 0.2) is 71.9 Å². The van der Waals surface area contributed by atoms with Crippen molar-refractivity contribution in [1.82, 2.24) is 19.7 Å². The summed E-state index contributed by atoms with van der Waals surface area (Å²) < 4.78 is 3.14. The molecule has 0 aliphatic rings. The van der Waals surface area contributed by atoms with Crippen LogP contribution < -0.4 is 10.9 Å². The molecule has 0 bridgehead atoms. The van der Waals surface area contributed by atoms with E-state index in [0.29, 0.717) is 0 Å². The Kier molecular flexibility index (Phi) is 4.56. The molecule has 0 aliphatic heterocycles. The molecule has 2 aromatic heterocycles. The van der Waals surface area contributed by atoms with E-state index in [4.69, 9.17) is 0 Å². The third kappa shape index (κ3) is 3.60. The average Bonchev–Trinajstić information content (AvgIpc) is 3.11. The van der Waals surface area contributed by atoms with E-state index in [1.165, 1.54) is 10.6 Å².